The van der Waals surface area contributed by atoms with Crippen LogP contribution in [0.4, 0.5) is 17.1 Å². The van der Waals surface area contributed by atoms with Gasteiger partial charge in [-0.3, -0.25) is 0 Å². The van der Waals surface area contributed by atoms with Crippen LogP contribution in [0.25, 0.3) is 94.5 Å². The van der Waals surface area contributed by atoms with Crippen molar-refractivity contribution in [3.63, 3.8) is 0 Å². The molecule has 0 bridgehead atoms. The van der Waals surface area contributed by atoms with Gasteiger partial charge in [-0.1, -0.05) is 146 Å². The fourth-order valence-electron chi connectivity index (χ4n) is 8.60. The molecule has 0 unspecified atom stereocenters. The van der Waals surface area contributed by atoms with Gasteiger partial charge in [-0.2, -0.15) is 0 Å². The molecule has 60 heavy (non-hydrogen) atoms. The lowest BCUT2D eigenvalue weighted by molar-refractivity contribution is 1.28. The standard InChI is InChI=1S/C55H34N2S3/c1-3-11-35(12-4-1)36-21-26-41(27-22-36)57(43-16-9-15-40(33-43)44-18-10-19-46-45-17-7-8-20-49(45)59-53(44)46)42-28-23-37(24-29-42)39-25-30-47-51(34-39)58-50-32-31-48-54(52(47)50)60-55(56-48)38-13-5-2-6-14-38/h1-34H. The molecule has 0 atom stereocenters. The van der Waals surface area contributed by atoms with Crippen LogP contribution in [0.3, 0.4) is 0 Å². The van der Waals surface area contributed by atoms with E-state index in [0.717, 1.165) is 33.1 Å². The molecule has 0 spiro atoms. The number of benzene rings is 9. The maximum Gasteiger partial charge on any atom is 0.124 e. The second-order valence-electron chi connectivity index (χ2n) is 15.1. The Morgan fingerprint density at radius 2 is 0.967 bits per heavy atom. The van der Waals surface area contributed by atoms with Crippen LogP contribution in [0.15, 0.2) is 206 Å². The second-order valence-corrected chi connectivity index (χ2v) is 18.2. The Morgan fingerprint density at radius 3 is 1.75 bits per heavy atom. The zero-order valence-electron chi connectivity index (χ0n) is 32.2. The van der Waals surface area contributed by atoms with Crippen LogP contribution in [-0.4, -0.2) is 4.98 Å². The summed E-state index contributed by atoms with van der Waals surface area (Å²) in [6, 6.07) is 74.9. The molecule has 2 nitrogen and oxygen atoms in total. The monoisotopic (exact) mass is 818 g/mol. The Hall–Kier alpha value is -6.89. The van der Waals surface area contributed by atoms with E-state index in [0.29, 0.717) is 0 Å². The van der Waals surface area contributed by atoms with Crippen molar-refractivity contribution in [2.75, 3.05) is 4.90 Å². The molecule has 0 aliphatic rings. The highest BCUT2D eigenvalue weighted by Gasteiger charge is 2.18. The molecule has 0 aliphatic carbocycles. The van der Waals surface area contributed by atoms with E-state index in [-0.39, 0.29) is 0 Å². The highest BCUT2D eigenvalue weighted by atomic mass is 32.1. The number of hydrogen-bond acceptors (Lipinski definition) is 5. The average Bonchev–Trinajstić information content (AvgIpc) is 4.04. The van der Waals surface area contributed by atoms with Crippen LogP contribution >= 0.6 is 34.0 Å². The summed E-state index contributed by atoms with van der Waals surface area (Å²) in [5, 5.41) is 6.30. The van der Waals surface area contributed by atoms with Gasteiger partial charge in [0, 0.05) is 63.0 Å². The first kappa shape index (κ1) is 35.1. The van der Waals surface area contributed by atoms with Crippen molar-refractivity contribution in [3.8, 4) is 44.0 Å². The third kappa shape index (κ3) is 6.01. The molecule has 5 heteroatoms. The molecule has 3 heterocycles. The number of thiazole rings is 1. The summed E-state index contributed by atoms with van der Waals surface area (Å²) in [6.45, 7) is 0. The summed E-state index contributed by atoms with van der Waals surface area (Å²) in [6.07, 6.45) is 0. The minimum absolute atomic E-state index is 1.06. The molecule has 0 saturated heterocycles. The predicted octanol–water partition coefficient (Wildman–Crippen LogP) is 17.2. The third-order valence-electron chi connectivity index (χ3n) is 11.5. The van der Waals surface area contributed by atoms with Gasteiger partial charge >= 0.3 is 0 Å². The Kier molecular flexibility index (Phi) is 8.44. The van der Waals surface area contributed by atoms with Gasteiger partial charge in [0.2, 0.25) is 0 Å². The normalized spacial score (nSPS) is 11.7. The molecule has 0 N–H and O–H groups in total. The minimum atomic E-state index is 1.06. The van der Waals surface area contributed by atoms with Crippen molar-refractivity contribution in [2.45, 2.75) is 0 Å². The molecule has 0 aliphatic heterocycles. The number of anilines is 3. The lowest BCUT2D eigenvalue weighted by atomic mass is 10.0. The first-order valence-electron chi connectivity index (χ1n) is 20.1. The minimum Gasteiger partial charge on any atom is -0.310 e. The number of fused-ring (bicyclic) bond motifs is 8. The molecule has 0 fully saturated rings. The van der Waals surface area contributed by atoms with E-state index in [4.69, 9.17) is 4.98 Å². The van der Waals surface area contributed by atoms with Gasteiger partial charge < -0.3 is 4.90 Å². The number of aromatic nitrogens is 1. The Morgan fingerprint density at radius 1 is 0.333 bits per heavy atom. The summed E-state index contributed by atoms with van der Waals surface area (Å²) >= 11 is 5.53. The molecule has 12 aromatic rings. The van der Waals surface area contributed by atoms with Gasteiger partial charge in [-0.25, -0.2) is 4.98 Å². The Labute approximate surface area is 359 Å². The average molecular weight is 819 g/mol. The lowest BCUT2D eigenvalue weighted by Crippen LogP contribution is -2.10. The molecule has 0 saturated carbocycles. The van der Waals surface area contributed by atoms with E-state index in [1.807, 2.05) is 22.7 Å². The summed E-state index contributed by atoms with van der Waals surface area (Å²) < 4.78 is 6.49. The van der Waals surface area contributed by atoms with Crippen LogP contribution in [0.2, 0.25) is 0 Å². The summed E-state index contributed by atoms with van der Waals surface area (Å²) in [7, 11) is 0. The van der Waals surface area contributed by atoms with Crippen LogP contribution in [0.1, 0.15) is 0 Å². The molecule has 3 aromatic heterocycles. The van der Waals surface area contributed by atoms with Crippen molar-refractivity contribution in [1.29, 1.82) is 0 Å². The van der Waals surface area contributed by atoms with Gasteiger partial charge in [0.1, 0.15) is 5.01 Å². The third-order valence-corrected chi connectivity index (χ3v) is 15.0. The van der Waals surface area contributed by atoms with Crippen LogP contribution < -0.4 is 4.90 Å². The molecule has 0 radical (unpaired) electrons. The van der Waals surface area contributed by atoms with Crippen LogP contribution in [0, 0.1) is 0 Å². The van der Waals surface area contributed by atoms with E-state index in [2.05, 4.69) is 211 Å². The van der Waals surface area contributed by atoms with E-state index < -0.39 is 0 Å². The number of hydrogen-bond donors (Lipinski definition) is 0. The van der Waals surface area contributed by atoms with Crippen LogP contribution in [-0.2, 0) is 0 Å². The smallest absolute Gasteiger partial charge is 0.124 e. The molecule has 12 rings (SSSR count). The Bertz CT molecular complexity index is 3530. The fourth-order valence-corrected chi connectivity index (χ4v) is 12.2. The van der Waals surface area contributed by atoms with E-state index in [1.165, 1.54) is 78.4 Å². The number of rotatable bonds is 7. The van der Waals surface area contributed by atoms with Gasteiger partial charge in [0.15, 0.2) is 0 Å². The van der Waals surface area contributed by atoms with Gasteiger partial charge in [0.05, 0.1) is 10.2 Å². The van der Waals surface area contributed by atoms with Crippen molar-refractivity contribution in [2.24, 2.45) is 0 Å². The van der Waals surface area contributed by atoms with Gasteiger partial charge in [-0.15, -0.1) is 34.0 Å². The zero-order chi connectivity index (χ0) is 39.6. The SMILES string of the molecule is c1ccc(-c2ccc(N(c3ccc(-c4ccc5c(c4)sc4ccc6nc(-c7ccccc7)sc6c45)cc3)c3cccc(-c4cccc5c4sc4ccccc45)c3)cc2)cc1. The topological polar surface area (TPSA) is 16.1 Å². The number of nitrogens with zero attached hydrogens (tertiary/aromatic N) is 2. The highest BCUT2D eigenvalue weighted by Crippen LogP contribution is 2.45. The predicted molar refractivity (Wildman–Crippen MR) is 262 cm³/mol. The van der Waals surface area contributed by atoms with Crippen molar-refractivity contribution < 1.29 is 0 Å². The molecule has 9 aromatic carbocycles. The molecule has 0 amide bonds. The Balaban J connectivity index is 0.932. The largest absolute Gasteiger partial charge is 0.310 e. The van der Waals surface area contributed by atoms with E-state index in [1.54, 1.807) is 11.3 Å². The van der Waals surface area contributed by atoms with Crippen molar-refractivity contribution in [1.82, 2.24) is 4.98 Å². The molecular formula is C55H34N2S3. The summed E-state index contributed by atoms with van der Waals surface area (Å²) in [5.41, 5.74) is 12.8. The quantitative estimate of drug-likeness (QED) is 0.159. The van der Waals surface area contributed by atoms with Crippen molar-refractivity contribution >= 4 is 102 Å². The fraction of sp³-hybridized carbons (Fsp3) is 0. The maximum atomic E-state index is 5.03. The summed E-state index contributed by atoms with van der Waals surface area (Å²) in [5.74, 6) is 0. The number of thiophene rings is 2. The first-order chi connectivity index (χ1) is 29.7. The first-order valence-corrected chi connectivity index (χ1v) is 22.5. The highest BCUT2D eigenvalue weighted by molar-refractivity contribution is 7.28. The second kappa shape index (κ2) is 14.4. The van der Waals surface area contributed by atoms with E-state index in [9.17, 15) is 0 Å². The van der Waals surface area contributed by atoms with E-state index >= 15 is 0 Å². The summed E-state index contributed by atoms with van der Waals surface area (Å²) in [4.78, 5) is 7.41. The lowest BCUT2D eigenvalue weighted by Gasteiger charge is -2.26. The molecular weight excluding hydrogens is 785 g/mol. The molecule has 282 valence electrons. The zero-order valence-corrected chi connectivity index (χ0v) is 34.7. The maximum absolute atomic E-state index is 5.03. The van der Waals surface area contributed by atoms with Crippen LogP contribution in [0.5, 0.6) is 0 Å². The van der Waals surface area contributed by atoms with Crippen molar-refractivity contribution in [3.05, 3.63) is 206 Å². The van der Waals surface area contributed by atoms with Gasteiger partial charge in [-0.05, 0) is 94.0 Å². The van der Waals surface area contributed by atoms with Gasteiger partial charge in [0.25, 0.3) is 0 Å².